The van der Waals surface area contributed by atoms with Gasteiger partial charge in [-0.05, 0) is 51.8 Å². The molecule has 0 N–H and O–H groups in total. The number of hydrogen-bond acceptors (Lipinski definition) is 7. The second-order valence-corrected chi connectivity index (χ2v) is 10.2. The first kappa shape index (κ1) is 24.2. The summed E-state index contributed by atoms with van der Waals surface area (Å²) >= 11 is 0. The Morgan fingerprint density at radius 3 is 2.50 bits per heavy atom. The summed E-state index contributed by atoms with van der Waals surface area (Å²) in [5.41, 5.74) is 8.07. The summed E-state index contributed by atoms with van der Waals surface area (Å²) in [6, 6.07) is 22.8. The van der Waals surface area contributed by atoms with E-state index in [9.17, 15) is 0 Å². The number of aryl methyl sites for hydroxylation is 1. The number of hydrogen-bond donors (Lipinski definition) is 0. The molecule has 38 heavy (non-hydrogen) atoms. The van der Waals surface area contributed by atoms with Gasteiger partial charge in [-0.15, -0.1) is 10.2 Å². The van der Waals surface area contributed by atoms with E-state index in [1.54, 1.807) is 0 Å². The molecule has 1 aliphatic rings. The van der Waals surface area contributed by atoms with Gasteiger partial charge in [-0.1, -0.05) is 53.7 Å². The molecule has 6 rings (SSSR count). The van der Waals surface area contributed by atoms with Crippen LogP contribution in [0.3, 0.4) is 0 Å². The SMILES string of the molecule is Cc1onc(-c2ccccc2)c1-c1nnc2n1Cc1ccc(-c3cccc(CN(C)CCN(C)C)n3)cc1-2. The highest BCUT2D eigenvalue weighted by Gasteiger charge is 2.29. The quantitative estimate of drug-likeness (QED) is 0.288. The van der Waals surface area contributed by atoms with Gasteiger partial charge < -0.3 is 14.0 Å². The first-order valence-corrected chi connectivity index (χ1v) is 12.9. The van der Waals surface area contributed by atoms with Crippen molar-refractivity contribution in [2.45, 2.75) is 20.0 Å². The Kier molecular flexibility index (Phi) is 6.35. The normalized spacial score (nSPS) is 12.4. The third-order valence-corrected chi connectivity index (χ3v) is 7.03. The molecule has 1 aliphatic heterocycles. The summed E-state index contributed by atoms with van der Waals surface area (Å²) in [5, 5.41) is 13.6. The molecule has 0 saturated carbocycles. The molecule has 8 heteroatoms. The Balaban J connectivity index is 1.30. The molecule has 0 aliphatic carbocycles. The van der Waals surface area contributed by atoms with Crippen molar-refractivity contribution in [2.24, 2.45) is 0 Å². The maximum absolute atomic E-state index is 5.61. The lowest BCUT2D eigenvalue weighted by molar-refractivity contribution is 0.274. The van der Waals surface area contributed by atoms with Crippen LogP contribution in [-0.4, -0.2) is 68.9 Å². The molecule has 0 saturated heterocycles. The van der Waals surface area contributed by atoms with E-state index in [2.05, 4.69) is 87.3 Å². The Hall–Kier alpha value is -4.14. The highest BCUT2D eigenvalue weighted by atomic mass is 16.5. The van der Waals surface area contributed by atoms with Gasteiger partial charge in [0.1, 0.15) is 11.5 Å². The summed E-state index contributed by atoms with van der Waals surface area (Å²) in [6.07, 6.45) is 0. The number of fused-ring (bicyclic) bond motifs is 3. The number of likely N-dealkylation sites (N-methyl/N-ethyl adjacent to an activating group) is 2. The van der Waals surface area contributed by atoms with Crippen molar-refractivity contribution in [1.29, 1.82) is 0 Å². The molecule has 2 aromatic carbocycles. The Morgan fingerprint density at radius 1 is 0.868 bits per heavy atom. The van der Waals surface area contributed by atoms with Crippen molar-refractivity contribution < 1.29 is 4.52 Å². The van der Waals surface area contributed by atoms with Crippen molar-refractivity contribution in [1.82, 2.24) is 34.7 Å². The average Bonchev–Trinajstić information content (AvgIpc) is 3.61. The maximum Gasteiger partial charge on any atom is 0.170 e. The number of rotatable bonds is 8. The maximum atomic E-state index is 5.61. The lowest BCUT2D eigenvalue weighted by Crippen LogP contribution is -2.28. The van der Waals surface area contributed by atoms with Crippen LogP contribution in [0.15, 0.2) is 71.3 Å². The molecule has 0 fully saturated rings. The van der Waals surface area contributed by atoms with Gasteiger partial charge in [-0.2, -0.15) is 0 Å². The van der Waals surface area contributed by atoms with E-state index in [1.807, 2.05) is 37.3 Å². The lowest BCUT2D eigenvalue weighted by Gasteiger charge is -2.19. The van der Waals surface area contributed by atoms with Crippen LogP contribution in [0.5, 0.6) is 0 Å². The van der Waals surface area contributed by atoms with Gasteiger partial charge in [-0.25, -0.2) is 0 Å². The van der Waals surface area contributed by atoms with E-state index in [-0.39, 0.29) is 0 Å². The predicted octanol–water partition coefficient (Wildman–Crippen LogP) is 4.99. The van der Waals surface area contributed by atoms with E-state index in [1.165, 1.54) is 5.56 Å². The fourth-order valence-corrected chi connectivity index (χ4v) is 4.97. The minimum absolute atomic E-state index is 0.705. The van der Waals surface area contributed by atoms with Crippen LogP contribution < -0.4 is 0 Å². The minimum Gasteiger partial charge on any atom is -0.360 e. The molecule has 0 atom stereocenters. The van der Waals surface area contributed by atoms with E-state index >= 15 is 0 Å². The summed E-state index contributed by atoms with van der Waals surface area (Å²) in [7, 11) is 6.33. The lowest BCUT2D eigenvalue weighted by atomic mass is 10.0. The largest absolute Gasteiger partial charge is 0.360 e. The van der Waals surface area contributed by atoms with E-state index in [0.29, 0.717) is 6.54 Å². The van der Waals surface area contributed by atoms with Crippen LogP contribution in [0.25, 0.3) is 45.3 Å². The summed E-state index contributed by atoms with van der Waals surface area (Å²) < 4.78 is 7.76. The number of pyridine rings is 1. The van der Waals surface area contributed by atoms with Gasteiger partial charge in [0.15, 0.2) is 11.6 Å². The van der Waals surface area contributed by atoms with Gasteiger partial charge >= 0.3 is 0 Å². The molecule has 5 aromatic rings. The first-order chi connectivity index (χ1) is 18.5. The fourth-order valence-electron chi connectivity index (χ4n) is 4.97. The standard InChI is InChI=1S/C30H31N7O/c1-20-27(28(34-38-20)21-9-6-5-7-10-21)30-33-32-29-25-17-22(13-14-23(25)18-37(29)30)26-12-8-11-24(31-26)19-36(4)16-15-35(2)3/h5-14,17H,15-16,18-19H2,1-4H3. The molecule has 3 aromatic heterocycles. The zero-order valence-electron chi connectivity index (χ0n) is 22.2. The average molecular weight is 506 g/mol. The molecule has 0 radical (unpaired) electrons. The van der Waals surface area contributed by atoms with Crippen LogP contribution in [-0.2, 0) is 13.1 Å². The van der Waals surface area contributed by atoms with Gasteiger partial charge in [0.05, 0.1) is 23.5 Å². The van der Waals surface area contributed by atoms with Gasteiger partial charge in [0.25, 0.3) is 0 Å². The first-order valence-electron chi connectivity index (χ1n) is 12.9. The highest BCUT2D eigenvalue weighted by Crippen LogP contribution is 2.40. The van der Waals surface area contributed by atoms with Crippen molar-refractivity contribution in [2.75, 3.05) is 34.2 Å². The molecule has 0 amide bonds. The van der Waals surface area contributed by atoms with E-state index in [4.69, 9.17) is 9.51 Å². The molecule has 0 bridgehead atoms. The Bertz CT molecular complexity index is 1590. The molecular weight excluding hydrogens is 474 g/mol. The minimum atomic E-state index is 0.705. The zero-order chi connectivity index (χ0) is 26.2. The van der Waals surface area contributed by atoms with Crippen molar-refractivity contribution in [3.63, 3.8) is 0 Å². The molecule has 0 unspecified atom stereocenters. The summed E-state index contributed by atoms with van der Waals surface area (Å²) in [6.45, 7) is 5.45. The molecule has 192 valence electrons. The van der Waals surface area contributed by atoms with Crippen LogP contribution in [0.2, 0.25) is 0 Å². The third kappa shape index (κ3) is 4.53. The third-order valence-electron chi connectivity index (χ3n) is 7.03. The summed E-state index contributed by atoms with van der Waals surface area (Å²) in [4.78, 5) is 9.47. The molecule has 4 heterocycles. The molecule has 0 spiro atoms. The second-order valence-electron chi connectivity index (χ2n) is 10.2. The Morgan fingerprint density at radius 2 is 1.68 bits per heavy atom. The number of nitrogens with zero attached hydrogens (tertiary/aromatic N) is 7. The number of aromatic nitrogens is 5. The summed E-state index contributed by atoms with van der Waals surface area (Å²) in [5.74, 6) is 2.36. The number of benzene rings is 2. The second kappa shape index (κ2) is 9.96. The topological polar surface area (TPSA) is 76.1 Å². The van der Waals surface area contributed by atoms with Crippen LogP contribution in [0.1, 0.15) is 17.0 Å². The molecular formula is C30H31N7O. The van der Waals surface area contributed by atoms with Crippen molar-refractivity contribution >= 4 is 0 Å². The monoisotopic (exact) mass is 505 g/mol. The zero-order valence-corrected chi connectivity index (χ0v) is 22.2. The van der Waals surface area contributed by atoms with Gasteiger partial charge in [0.2, 0.25) is 0 Å². The van der Waals surface area contributed by atoms with Gasteiger partial charge in [0, 0.05) is 36.3 Å². The van der Waals surface area contributed by atoms with E-state index < -0.39 is 0 Å². The van der Waals surface area contributed by atoms with Gasteiger partial charge in [-0.3, -0.25) is 9.88 Å². The highest BCUT2D eigenvalue weighted by molar-refractivity contribution is 5.81. The smallest absolute Gasteiger partial charge is 0.170 e. The van der Waals surface area contributed by atoms with E-state index in [0.717, 1.165) is 76.4 Å². The van der Waals surface area contributed by atoms with Crippen molar-refractivity contribution in [3.05, 3.63) is 83.7 Å². The van der Waals surface area contributed by atoms with Crippen LogP contribution in [0, 0.1) is 6.92 Å². The Labute approximate surface area is 222 Å². The van der Waals surface area contributed by atoms with Crippen LogP contribution >= 0.6 is 0 Å². The van der Waals surface area contributed by atoms with Crippen LogP contribution in [0.4, 0.5) is 0 Å². The molecule has 8 nitrogen and oxygen atoms in total. The fraction of sp³-hybridized carbons (Fsp3) is 0.267. The van der Waals surface area contributed by atoms with Crippen molar-refractivity contribution in [3.8, 4) is 45.3 Å². The predicted molar refractivity (Wildman–Crippen MR) is 148 cm³/mol.